The molecule has 4 aromatic rings. The normalized spacial score (nSPS) is 11.2. The van der Waals surface area contributed by atoms with Crippen LogP contribution in [0.3, 0.4) is 0 Å². The van der Waals surface area contributed by atoms with Crippen LogP contribution < -0.4 is 10.7 Å². The first kappa shape index (κ1) is 22.2. The Morgan fingerprint density at radius 3 is 1.97 bits per heavy atom. The highest BCUT2D eigenvalue weighted by atomic mass is 16.2. The van der Waals surface area contributed by atoms with Crippen LogP contribution in [-0.4, -0.2) is 18.0 Å². The van der Waals surface area contributed by atoms with Gasteiger partial charge in [-0.1, -0.05) is 78.9 Å². The highest BCUT2D eigenvalue weighted by Crippen LogP contribution is 2.27. The summed E-state index contributed by atoms with van der Waals surface area (Å²) in [5.74, 6) is -0.152. The van der Waals surface area contributed by atoms with E-state index in [2.05, 4.69) is 46.2 Å². The number of benzene rings is 4. The smallest absolute Gasteiger partial charge is 0.240 e. The Morgan fingerprint density at radius 2 is 1.30 bits per heavy atom. The van der Waals surface area contributed by atoms with Crippen molar-refractivity contribution >= 4 is 39.6 Å². The van der Waals surface area contributed by atoms with Crippen molar-refractivity contribution < 1.29 is 9.59 Å². The fourth-order valence-corrected chi connectivity index (χ4v) is 3.87. The number of nitrogens with one attached hydrogen (secondary N) is 2. The number of unbranched alkanes of at least 4 members (excludes halogenated alkanes) is 1. The molecule has 2 amide bonds. The second-order valence-corrected chi connectivity index (χ2v) is 8.00. The van der Waals surface area contributed by atoms with Crippen molar-refractivity contribution in [2.75, 3.05) is 0 Å². The molecular formula is C28H27N3O2. The Hall–Kier alpha value is -3.99. The van der Waals surface area contributed by atoms with E-state index in [-0.39, 0.29) is 11.8 Å². The van der Waals surface area contributed by atoms with E-state index in [1.54, 1.807) is 6.21 Å². The lowest BCUT2D eigenvalue weighted by Crippen LogP contribution is -2.22. The van der Waals surface area contributed by atoms with E-state index >= 15 is 0 Å². The van der Waals surface area contributed by atoms with Crippen molar-refractivity contribution in [1.29, 1.82) is 0 Å². The maximum atomic E-state index is 12.2. The number of fused-ring (bicyclic) bond motifs is 2. The number of hydrazone groups is 1. The average Bonchev–Trinajstić information content (AvgIpc) is 2.85. The van der Waals surface area contributed by atoms with Gasteiger partial charge in [-0.25, -0.2) is 5.43 Å². The van der Waals surface area contributed by atoms with Gasteiger partial charge in [0.1, 0.15) is 0 Å². The molecule has 33 heavy (non-hydrogen) atoms. The zero-order chi connectivity index (χ0) is 22.9. The molecule has 4 rings (SSSR count). The SMILES string of the molecule is O=C(CCCCC(=O)N/N=C\c1c2ccccc2cc2ccccc12)NCc1ccccc1. The van der Waals surface area contributed by atoms with Crippen molar-refractivity contribution in [3.05, 3.63) is 96.1 Å². The van der Waals surface area contributed by atoms with Crippen LogP contribution in [0.4, 0.5) is 0 Å². The van der Waals surface area contributed by atoms with E-state index in [1.807, 2.05) is 54.6 Å². The van der Waals surface area contributed by atoms with Gasteiger partial charge < -0.3 is 5.32 Å². The fraction of sp³-hybridized carbons (Fsp3) is 0.179. The lowest BCUT2D eigenvalue weighted by molar-refractivity contribution is -0.123. The number of amides is 2. The zero-order valence-corrected chi connectivity index (χ0v) is 18.5. The number of carbonyl (C=O) groups is 2. The van der Waals surface area contributed by atoms with Crippen LogP contribution in [0.25, 0.3) is 21.5 Å². The van der Waals surface area contributed by atoms with E-state index in [9.17, 15) is 9.59 Å². The molecule has 0 atom stereocenters. The molecule has 2 N–H and O–H groups in total. The molecule has 0 heterocycles. The molecule has 5 heteroatoms. The highest BCUT2D eigenvalue weighted by Gasteiger charge is 2.07. The highest BCUT2D eigenvalue weighted by molar-refractivity contribution is 6.13. The molecule has 0 spiro atoms. The molecule has 166 valence electrons. The third-order valence-electron chi connectivity index (χ3n) is 5.59. The van der Waals surface area contributed by atoms with Gasteiger partial charge in [0.15, 0.2) is 0 Å². The summed E-state index contributed by atoms with van der Waals surface area (Å²) in [6.07, 6.45) is 3.76. The first-order valence-electron chi connectivity index (χ1n) is 11.2. The van der Waals surface area contributed by atoms with Crippen molar-refractivity contribution in [2.24, 2.45) is 5.10 Å². The van der Waals surface area contributed by atoms with Gasteiger partial charge in [0.05, 0.1) is 6.21 Å². The lowest BCUT2D eigenvalue weighted by atomic mass is 9.97. The van der Waals surface area contributed by atoms with Gasteiger partial charge in [-0.15, -0.1) is 0 Å². The number of nitrogens with zero attached hydrogens (tertiary/aromatic N) is 1. The minimum Gasteiger partial charge on any atom is -0.352 e. The maximum Gasteiger partial charge on any atom is 0.240 e. The first-order chi connectivity index (χ1) is 16.2. The van der Waals surface area contributed by atoms with Gasteiger partial charge in [-0.3, -0.25) is 9.59 Å². The predicted molar refractivity (Wildman–Crippen MR) is 134 cm³/mol. The Balaban J connectivity index is 1.26. The summed E-state index contributed by atoms with van der Waals surface area (Å²) in [6.45, 7) is 0.526. The van der Waals surface area contributed by atoms with Gasteiger partial charge in [0, 0.05) is 24.9 Å². The molecule has 0 bridgehead atoms. The van der Waals surface area contributed by atoms with E-state index in [0.717, 1.165) is 32.7 Å². The molecule has 0 aliphatic heterocycles. The van der Waals surface area contributed by atoms with Gasteiger partial charge in [0.25, 0.3) is 0 Å². The summed E-state index contributed by atoms with van der Waals surface area (Å²) < 4.78 is 0. The zero-order valence-electron chi connectivity index (χ0n) is 18.5. The topological polar surface area (TPSA) is 70.6 Å². The van der Waals surface area contributed by atoms with E-state index < -0.39 is 0 Å². The Kier molecular flexibility index (Phi) is 7.44. The number of rotatable bonds is 9. The molecule has 0 saturated carbocycles. The predicted octanol–water partition coefficient (Wildman–Crippen LogP) is 5.32. The number of hydrogen-bond acceptors (Lipinski definition) is 3. The molecule has 0 saturated heterocycles. The van der Waals surface area contributed by atoms with Crippen LogP contribution in [0.5, 0.6) is 0 Å². The Morgan fingerprint density at radius 1 is 0.727 bits per heavy atom. The van der Waals surface area contributed by atoms with Gasteiger partial charge >= 0.3 is 0 Å². The van der Waals surface area contributed by atoms with E-state index in [4.69, 9.17) is 0 Å². The van der Waals surface area contributed by atoms with Crippen LogP contribution in [0.1, 0.15) is 36.8 Å². The quantitative estimate of drug-likeness (QED) is 0.161. The third kappa shape index (κ3) is 6.04. The van der Waals surface area contributed by atoms with Crippen molar-refractivity contribution in [3.8, 4) is 0 Å². The lowest BCUT2D eigenvalue weighted by Gasteiger charge is -2.08. The first-order valence-corrected chi connectivity index (χ1v) is 11.2. The minimum absolute atomic E-state index is 0.000107. The van der Waals surface area contributed by atoms with Crippen LogP contribution in [0.15, 0.2) is 90.0 Å². The van der Waals surface area contributed by atoms with Crippen LogP contribution in [-0.2, 0) is 16.1 Å². The molecule has 0 fully saturated rings. The second-order valence-electron chi connectivity index (χ2n) is 8.00. The molecule has 0 radical (unpaired) electrons. The largest absolute Gasteiger partial charge is 0.352 e. The molecule has 5 nitrogen and oxygen atoms in total. The van der Waals surface area contributed by atoms with Gasteiger partial charge in [-0.2, -0.15) is 5.10 Å². The van der Waals surface area contributed by atoms with Crippen molar-refractivity contribution in [2.45, 2.75) is 32.2 Å². The summed E-state index contributed by atoms with van der Waals surface area (Å²) in [5, 5.41) is 11.6. The van der Waals surface area contributed by atoms with Crippen LogP contribution in [0.2, 0.25) is 0 Å². The monoisotopic (exact) mass is 437 g/mol. The molecular weight excluding hydrogens is 410 g/mol. The van der Waals surface area contributed by atoms with Gasteiger partial charge in [0.2, 0.25) is 11.8 Å². The maximum absolute atomic E-state index is 12.2. The molecule has 0 aliphatic rings. The Bertz CT molecular complexity index is 1230. The average molecular weight is 438 g/mol. The summed E-state index contributed by atoms with van der Waals surface area (Å²) in [7, 11) is 0. The summed E-state index contributed by atoms with van der Waals surface area (Å²) in [6, 6.07) is 28.3. The van der Waals surface area contributed by atoms with Gasteiger partial charge in [-0.05, 0) is 46.0 Å². The third-order valence-corrected chi connectivity index (χ3v) is 5.59. The van der Waals surface area contributed by atoms with Crippen molar-refractivity contribution in [1.82, 2.24) is 10.7 Å². The number of carbonyl (C=O) groups excluding carboxylic acids is 2. The molecule has 0 aromatic heterocycles. The second kappa shape index (κ2) is 11.0. The molecule has 0 unspecified atom stereocenters. The summed E-state index contributed by atoms with van der Waals surface area (Å²) >= 11 is 0. The summed E-state index contributed by atoms with van der Waals surface area (Å²) in [4.78, 5) is 24.2. The minimum atomic E-state index is -0.152. The van der Waals surface area contributed by atoms with Crippen LogP contribution >= 0.6 is 0 Å². The summed E-state index contributed by atoms with van der Waals surface area (Å²) in [5.41, 5.74) is 4.68. The number of hydrogen-bond donors (Lipinski definition) is 2. The Labute approximate surface area is 193 Å². The fourth-order valence-electron chi connectivity index (χ4n) is 3.87. The molecule has 0 aliphatic carbocycles. The van der Waals surface area contributed by atoms with Crippen molar-refractivity contribution in [3.63, 3.8) is 0 Å². The standard InChI is InChI=1S/C28H27N3O2/c32-27(29-19-21-10-2-1-3-11-21)16-8-9-17-28(33)31-30-20-26-24-14-6-4-12-22(24)18-23-13-5-7-15-25(23)26/h1-7,10-15,18,20H,8-9,16-17,19H2,(H,29,32)(H,31,33)/b30-20-. The van der Waals surface area contributed by atoms with Crippen LogP contribution in [0, 0.1) is 0 Å². The molecule has 4 aromatic carbocycles. The van der Waals surface area contributed by atoms with E-state index in [1.165, 1.54) is 0 Å². The van der Waals surface area contributed by atoms with E-state index in [0.29, 0.717) is 32.2 Å².